The number of hydrogen-bond acceptors (Lipinski definition) is 5. The number of carbonyl (C=O) groups is 2. The van der Waals surface area contributed by atoms with Crippen molar-refractivity contribution in [2.75, 3.05) is 19.8 Å². The second-order valence-corrected chi connectivity index (χ2v) is 6.65. The Bertz CT molecular complexity index is 789. The second kappa shape index (κ2) is 9.96. The highest BCUT2D eigenvalue weighted by Gasteiger charge is 2.16. The maximum Gasteiger partial charge on any atom is 0.276 e. The maximum atomic E-state index is 12.1. The summed E-state index contributed by atoms with van der Waals surface area (Å²) in [5.41, 5.74) is 5.03. The van der Waals surface area contributed by atoms with Gasteiger partial charge in [0.15, 0.2) is 6.61 Å². The van der Waals surface area contributed by atoms with Gasteiger partial charge < -0.3 is 14.2 Å². The quantitative estimate of drug-likeness (QED) is 0.693. The summed E-state index contributed by atoms with van der Waals surface area (Å²) in [6.07, 6.45) is 2.19. The van der Waals surface area contributed by atoms with E-state index < -0.39 is 11.8 Å². The molecule has 2 amide bonds. The van der Waals surface area contributed by atoms with Crippen molar-refractivity contribution < 1.29 is 23.8 Å². The minimum Gasteiger partial charge on any atom is -0.491 e. The lowest BCUT2D eigenvalue weighted by molar-refractivity contribution is -0.123. The molecule has 1 saturated heterocycles. The van der Waals surface area contributed by atoms with Gasteiger partial charge in [-0.05, 0) is 61.4 Å². The van der Waals surface area contributed by atoms with Crippen molar-refractivity contribution in [1.82, 2.24) is 10.9 Å². The number of hydrogen-bond donors (Lipinski definition) is 2. The molecule has 28 heavy (non-hydrogen) atoms. The fourth-order valence-electron chi connectivity index (χ4n) is 2.58. The predicted molar refractivity (Wildman–Crippen MR) is 103 cm³/mol. The minimum atomic E-state index is -0.486. The van der Waals surface area contributed by atoms with E-state index >= 15 is 0 Å². The number of nitrogens with one attached hydrogen (secondary N) is 2. The zero-order valence-corrected chi connectivity index (χ0v) is 15.9. The third kappa shape index (κ3) is 6.14. The summed E-state index contributed by atoms with van der Waals surface area (Å²) in [6, 6.07) is 13.3. The number of amides is 2. The molecule has 0 spiro atoms. The van der Waals surface area contributed by atoms with E-state index in [0.29, 0.717) is 28.7 Å². The molecule has 3 rings (SSSR count). The Morgan fingerprint density at radius 3 is 2.36 bits per heavy atom. The molecule has 2 aromatic carbocycles. The zero-order chi connectivity index (χ0) is 19.8. The largest absolute Gasteiger partial charge is 0.491 e. The van der Waals surface area contributed by atoms with E-state index in [9.17, 15) is 9.59 Å². The van der Waals surface area contributed by atoms with Crippen LogP contribution in [0.25, 0.3) is 0 Å². The summed E-state index contributed by atoms with van der Waals surface area (Å²) in [7, 11) is 0. The number of ether oxygens (including phenoxy) is 3. The number of carbonyl (C=O) groups excluding carboxylic acids is 2. The fraction of sp³-hybridized carbons (Fsp3) is 0.300. The van der Waals surface area contributed by atoms with Crippen molar-refractivity contribution in [3.05, 3.63) is 59.1 Å². The average Bonchev–Trinajstić information content (AvgIpc) is 3.24. The standard InChI is InChI=1S/C20H21ClN2O5/c21-15-5-9-17(10-6-15)28-13-19(24)22-23-20(25)14-3-7-16(8-4-14)27-12-18-2-1-11-26-18/h3-10,18H,1-2,11-13H2,(H,22,24)(H,23,25). The zero-order valence-electron chi connectivity index (χ0n) is 15.2. The molecule has 2 aromatic rings. The Morgan fingerprint density at radius 2 is 1.68 bits per heavy atom. The fourth-order valence-corrected chi connectivity index (χ4v) is 2.71. The molecule has 2 N–H and O–H groups in total. The van der Waals surface area contributed by atoms with Crippen LogP contribution in [0.3, 0.4) is 0 Å². The molecule has 0 aliphatic carbocycles. The Hall–Kier alpha value is -2.77. The molecule has 0 bridgehead atoms. The van der Waals surface area contributed by atoms with Gasteiger partial charge in [-0.15, -0.1) is 0 Å². The first-order valence-corrected chi connectivity index (χ1v) is 9.30. The van der Waals surface area contributed by atoms with Crippen LogP contribution < -0.4 is 20.3 Å². The van der Waals surface area contributed by atoms with Crippen molar-refractivity contribution in [1.29, 1.82) is 0 Å². The number of rotatable bonds is 7. The smallest absolute Gasteiger partial charge is 0.276 e. The van der Waals surface area contributed by atoms with Crippen LogP contribution in [0.5, 0.6) is 11.5 Å². The van der Waals surface area contributed by atoms with E-state index in [0.717, 1.165) is 19.4 Å². The Morgan fingerprint density at radius 1 is 1.00 bits per heavy atom. The van der Waals surface area contributed by atoms with Gasteiger partial charge in [0.25, 0.3) is 11.8 Å². The van der Waals surface area contributed by atoms with Crippen LogP contribution in [0.4, 0.5) is 0 Å². The average molecular weight is 405 g/mol. The van der Waals surface area contributed by atoms with Gasteiger partial charge in [-0.1, -0.05) is 11.6 Å². The summed E-state index contributed by atoms with van der Waals surface area (Å²) in [5.74, 6) is 0.238. The minimum absolute atomic E-state index is 0.133. The van der Waals surface area contributed by atoms with Crippen molar-refractivity contribution in [3.63, 3.8) is 0 Å². The van der Waals surface area contributed by atoms with Crippen LogP contribution in [-0.4, -0.2) is 37.7 Å². The van der Waals surface area contributed by atoms with Crippen LogP contribution in [0.15, 0.2) is 48.5 Å². The SMILES string of the molecule is O=C(COc1ccc(Cl)cc1)NNC(=O)c1ccc(OCC2CCCO2)cc1. The highest BCUT2D eigenvalue weighted by Crippen LogP contribution is 2.17. The Kier molecular flexibility index (Phi) is 7.11. The van der Waals surface area contributed by atoms with Crippen molar-refractivity contribution in [3.8, 4) is 11.5 Å². The van der Waals surface area contributed by atoms with E-state index in [2.05, 4.69) is 10.9 Å². The first-order chi connectivity index (χ1) is 13.6. The normalized spacial score (nSPS) is 15.7. The molecule has 8 heteroatoms. The molecular weight excluding hydrogens is 384 g/mol. The predicted octanol–water partition coefficient (Wildman–Crippen LogP) is 2.74. The van der Waals surface area contributed by atoms with Gasteiger partial charge in [0.05, 0.1) is 6.10 Å². The van der Waals surface area contributed by atoms with E-state index in [1.54, 1.807) is 48.5 Å². The van der Waals surface area contributed by atoms with Crippen molar-refractivity contribution >= 4 is 23.4 Å². The first kappa shape index (κ1) is 20.0. The van der Waals surface area contributed by atoms with Gasteiger partial charge in [0, 0.05) is 17.2 Å². The molecule has 1 unspecified atom stereocenters. The van der Waals surface area contributed by atoms with Gasteiger partial charge in [0.1, 0.15) is 18.1 Å². The highest BCUT2D eigenvalue weighted by molar-refractivity contribution is 6.30. The summed E-state index contributed by atoms with van der Waals surface area (Å²) in [5, 5.41) is 0.576. The summed E-state index contributed by atoms with van der Waals surface area (Å²) in [6.45, 7) is 1.04. The number of halogens is 1. The van der Waals surface area contributed by atoms with Gasteiger partial charge in [-0.2, -0.15) is 0 Å². The molecular formula is C20H21ClN2O5. The van der Waals surface area contributed by atoms with Crippen LogP contribution in [0, 0.1) is 0 Å². The number of hydrazine groups is 1. The lowest BCUT2D eigenvalue weighted by atomic mass is 10.2. The third-order valence-corrected chi connectivity index (χ3v) is 4.33. The van der Waals surface area contributed by atoms with Gasteiger partial charge in [-0.3, -0.25) is 20.4 Å². The third-order valence-electron chi connectivity index (χ3n) is 4.08. The molecule has 1 aliphatic rings. The van der Waals surface area contributed by atoms with Gasteiger partial charge >= 0.3 is 0 Å². The van der Waals surface area contributed by atoms with E-state index in [-0.39, 0.29) is 12.7 Å². The van der Waals surface area contributed by atoms with Crippen LogP contribution >= 0.6 is 11.6 Å². The molecule has 148 valence electrons. The molecule has 1 aliphatic heterocycles. The van der Waals surface area contributed by atoms with Crippen LogP contribution in [-0.2, 0) is 9.53 Å². The molecule has 7 nitrogen and oxygen atoms in total. The lowest BCUT2D eigenvalue weighted by Gasteiger charge is -2.12. The van der Waals surface area contributed by atoms with Gasteiger partial charge in [0.2, 0.25) is 0 Å². The first-order valence-electron chi connectivity index (χ1n) is 8.92. The van der Waals surface area contributed by atoms with Gasteiger partial charge in [-0.25, -0.2) is 0 Å². The van der Waals surface area contributed by atoms with E-state index in [1.165, 1.54) is 0 Å². The molecule has 0 aromatic heterocycles. The Balaban J connectivity index is 1.38. The summed E-state index contributed by atoms with van der Waals surface area (Å²) in [4.78, 5) is 23.9. The lowest BCUT2D eigenvalue weighted by Crippen LogP contribution is -2.43. The number of benzene rings is 2. The molecule has 1 heterocycles. The monoisotopic (exact) mass is 404 g/mol. The second-order valence-electron chi connectivity index (χ2n) is 6.22. The van der Waals surface area contributed by atoms with Crippen molar-refractivity contribution in [2.24, 2.45) is 0 Å². The summed E-state index contributed by atoms with van der Waals surface area (Å²) < 4.78 is 16.4. The molecule has 0 saturated carbocycles. The molecule has 1 fully saturated rings. The van der Waals surface area contributed by atoms with Crippen LogP contribution in [0.1, 0.15) is 23.2 Å². The maximum absolute atomic E-state index is 12.1. The van der Waals surface area contributed by atoms with E-state index in [1.807, 2.05) is 0 Å². The molecule has 0 radical (unpaired) electrons. The summed E-state index contributed by atoms with van der Waals surface area (Å²) >= 11 is 5.78. The van der Waals surface area contributed by atoms with Crippen molar-refractivity contribution in [2.45, 2.75) is 18.9 Å². The topological polar surface area (TPSA) is 85.9 Å². The Labute approximate surface area is 167 Å². The molecule has 1 atom stereocenters. The van der Waals surface area contributed by atoms with E-state index in [4.69, 9.17) is 25.8 Å². The van der Waals surface area contributed by atoms with Crippen LogP contribution in [0.2, 0.25) is 5.02 Å². The highest BCUT2D eigenvalue weighted by atomic mass is 35.5.